The van der Waals surface area contributed by atoms with Gasteiger partial charge < -0.3 is 10.4 Å². The molecule has 0 saturated carbocycles. The van der Waals surface area contributed by atoms with E-state index >= 15 is 0 Å². The highest BCUT2D eigenvalue weighted by Crippen LogP contribution is 2.19. The van der Waals surface area contributed by atoms with Crippen LogP contribution in [0.3, 0.4) is 0 Å². The average molecular weight is 245 g/mol. The summed E-state index contributed by atoms with van der Waals surface area (Å²) in [5.41, 5.74) is 0. The van der Waals surface area contributed by atoms with Crippen molar-refractivity contribution in [1.82, 2.24) is 10.2 Å². The minimum absolute atomic E-state index is 0.361. The van der Waals surface area contributed by atoms with Crippen molar-refractivity contribution >= 4 is 22.6 Å². The van der Waals surface area contributed by atoms with E-state index in [4.69, 9.17) is 5.11 Å². The number of nitrogens with one attached hydrogen (secondary N) is 1. The topological polar surface area (TPSA) is 75.1 Å². The number of nitrogens with zero attached hydrogens (tertiary/aromatic N) is 2. The Labute approximate surface area is 105 Å². The largest absolute Gasteiger partial charge is 0.481 e. The molecule has 1 heterocycles. The standard InChI is InChI=1S/C13H15N3O2/c1-9(13(17)18)6-7-14-12-11-5-3-2-4-10(11)8-15-16-12/h2-5,8-9H,6-7H2,1H3,(H,14,16)(H,17,18). The van der Waals surface area contributed by atoms with Gasteiger partial charge in [0.1, 0.15) is 0 Å². The third kappa shape index (κ3) is 2.74. The Balaban J connectivity index is 2.06. The van der Waals surface area contributed by atoms with E-state index in [2.05, 4.69) is 15.5 Å². The van der Waals surface area contributed by atoms with Gasteiger partial charge in [0.25, 0.3) is 0 Å². The number of carboxylic acids is 1. The fourth-order valence-corrected chi connectivity index (χ4v) is 1.69. The van der Waals surface area contributed by atoms with Crippen LogP contribution in [0, 0.1) is 5.92 Å². The summed E-state index contributed by atoms with van der Waals surface area (Å²) in [6, 6.07) is 7.82. The number of aliphatic carboxylic acids is 1. The highest BCUT2D eigenvalue weighted by atomic mass is 16.4. The fraction of sp³-hybridized carbons (Fsp3) is 0.308. The Bertz CT molecular complexity index is 551. The first-order chi connectivity index (χ1) is 8.68. The number of hydrogen-bond donors (Lipinski definition) is 2. The number of benzene rings is 1. The summed E-state index contributed by atoms with van der Waals surface area (Å²) < 4.78 is 0. The number of aromatic nitrogens is 2. The lowest BCUT2D eigenvalue weighted by molar-refractivity contribution is -0.141. The second-order valence-electron chi connectivity index (χ2n) is 4.24. The quantitative estimate of drug-likeness (QED) is 0.844. The molecule has 1 atom stereocenters. The first-order valence-electron chi connectivity index (χ1n) is 5.85. The minimum Gasteiger partial charge on any atom is -0.481 e. The van der Waals surface area contributed by atoms with Gasteiger partial charge in [0.2, 0.25) is 0 Å². The second-order valence-corrected chi connectivity index (χ2v) is 4.24. The molecule has 0 bridgehead atoms. The number of rotatable bonds is 5. The molecule has 0 aliphatic heterocycles. The lowest BCUT2D eigenvalue weighted by Gasteiger charge is -2.09. The van der Waals surface area contributed by atoms with Gasteiger partial charge in [0.05, 0.1) is 12.1 Å². The Morgan fingerprint density at radius 1 is 1.44 bits per heavy atom. The van der Waals surface area contributed by atoms with Crippen LogP contribution in [0.1, 0.15) is 13.3 Å². The van der Waals surface area contributed by atoms with Gasteiger partial charge in [0.15, 0.2) is 5.82 Å². The molecule has 0 radical (unpaired) electrons. The van der Waals surface area contributed by atoms with E-state index in [0.29, 0.717) is 18.8 Å². The van der Waals surface area contributed by atoms with Gasteiger partial charge in [-0.2, -0.15) is 5.10 Å². The Kier molecular flexibility index (Phi) is 3.72. The van der Waals surface area contributed by atoms with E-state index in [1.54, 1.807) is 13.1 Å². The molecule has 0 fully saturated rings. The normalized spacial score (nSPS) is 12.3. The average Bonchev–Trinajstić information content (AvgIpc) is 2.38. The summed E-state index contributed by atoms with van der Waals surface area (Å²) in [4.78, 5) is 10.7. The van der Waals surface area contributed by atoms with Gasteiger partial charge >= 0.3 is 5.97 Å². The van der Waals surface area contributed by atoms with E-state index in [-0.39, 0.29) is 5.92 Å². The van der Waals surface area contributed by atoms with E-state index in [1.165, 1.54) is 0 Å². The zero-order valence-corrected chi connectivity index (χ0v) is 10.1. The monoisotopic (exact) mass is 245 g/mol. The van der Waals surface area contributed by atoms with Crippen molar-refractivity contribution in [3.8, 4) is 0 Å². The van der Waals surface area contributed by atoms with Gasteiger partial charge in [-0.05, 0) is 6.42 Å². The molecule has 0 spiro atoms. The van der Waals surface area contributed by atoms with Crippen molar-refractivity contribution in [2.75, 3.05) is 11.9 Å². The summed E-state index contributed by atoms with van der Waals surface area (Å²) in [5.74, 6) is -0.438. The van der Waals surface area contributed by atoms with Crippen LogP contribution in [-0.2, 0) is 4.79 Å². The fourth-order valence-electron chi connectivity index (χ4n) is 1.69. The van der Waals surface area contributed by atoms with E-state index in [0.717, 1.165) is 10.8 Å². The van der Waals surface area contributed by atoms with Crippen molar-refractivity contribution in [3.63, 3.8) is 0 Å². The zero-order chi connectivity index (χ0) is 13.0. The molecule has 2 N–H and O–H groups in total. The first kappa shape index (κ1) is 12.3. The molecule has 2 aromatic rings. The van der Waals surface area contributed by atoms with Crippen molar-refractivity contribution < 1.29 is 9.90 Å². The number of anilines is 1. The van der Waals surface area contributed by atoms with E-state index < -0.39 is 5.97 Å². The van der Waals surface area contributed by atoms with Crippen molar-refractivity contribution in [3.05, 3.63) is 30.5 Å². The van der Waals surface area contributed by atoms with Crippen LogP contribution in [0.2, 0.25) is 0 Å². The molecule has 5 nitrogen and oxygen atoms in total. The van der Waals surface area contributed by atoms with Gasteiger partial charge in [-0.25, -0.2) is 0 Å². The van der Waals surface area contributed by atoms with Gasteiger partial charge in [0, 0.05) is 17.3 Å². The maximum atomic E-state index is 10.7. The van der Waals surface area contributed by atoms with Gasteiger partial charge in [-0.15, -0.1) is 5.10 Å². The Morgan fingerprint density at radius 3 is 3.00 bits per heavy atom. The number of carbonyl (C=O) groups is 1. The first-order valence-corrected chi connectivity index (χ1v) is 5.85. The second kappa shape index (κ2) is 5.44. The van der Waals surface area contributed by atoms with Crippen LogP contribution < -0.4 is 5.32 Å². The molecule has 1 unspecified atom stereocenters. The lowest BCUT2D eigenvalue weighted by atomic mass is 10.1. The van der Waals surface area contributed by atoms with Crippen molar-refractivity contribution in [1.29, 1.82) is 0 Å². The molecule has 0 amide bonds. The molecule has 94 valence electrons. The SMILES string of the molecule is CC(CCNc1nncc2ccccc12)C(=O)O. The molecule has 1 aromatic heterocycles. The van der Waals surface area contributed by atoms with Crippen LogP contribution >= 0.6 is 0 Å². The Morgan fingerprint density at radius 2 is 2.22 bits per heavy atom. The number of hydrogen-bond acceptors (Lipinski definition) is 4. The van der Waals surface area contributed by atoms with Crippen LogP contribution in [0.5, 0.6) is 0 Å². The van der Waals surface area contributed by atoms with Crippen LogP contribution in [-0.4, -0.2) is 27.8 Å². The van der Waals surface area contributed by atoms with E-state index in [9.17, 15) is 4.79 Å². The summed E-state index contributed by atoms with van der Waals surface area (Å²) in [6.45, 7) is 2.26. The van der Waals surface area contributed by atoms with Gasteiger partial charge in [-0.1, -0.05) is 31.2 Å². The number of carboxylic acid groups (broad SMARTS) is 1. The highest BCUT2D eigenvalue weighted by Gasteiger charge is 2.10. The van der Waals surface area contributed by atoms with Crippen molar-refractivity contribution in [2.45, 2.75) is 13.3 Å². The zero-order valence-electron chi connectivity index (χ0n) is 10.1. The molecular formula is C13H15N3O2. The van der Waals surface area contributed by atoms with E-state index in [1.807, 2.05) is 24.3 Å². The summed E-state index contributed by atoms with van der Waals surface area (Å²) >= 11 is 0. The van der Waals surface area contributed by atoms with Gasteiger partial charge in [-0.3, -0.25) is 4.79 Å². The summed E-state index contributed by atoms with van der Waals surface area (Å²) in [7, 11) is 0. The molecule has 0 aliphatic rings. The third-order valence-electron chi connectivity index (χ3n) is 2.86. The molecule has 1 aromatic carbocycles. The highest BCUT2D eigenvalue weighted by molar-refractivity contribution is 5.90. The van der Waals surface area contributed by atoms with Crippen LogP contribution in [0.25, 0.3) is 10.8 Å². The van der Waals surface area contributed by atoms with Crippen LogP contribution in [0.15, 0.2) is 30.5 Å². The maximum Gasteiger partial charge on any atom is 0.306 e. The lowest BCUT2D eigenvalue weighted by Crippen LogP contribution is -2.15. The smallest absolute Gasteiger partial charge is 0.306 e. The van der Waals surface area contributed by atoms with Crippen molar-refractivity contribution in [2.24, 2.45) is 5.92 Å². The third-order valence-corrected chi connectivity index (χ3v) is 2.86. The molecule has 0 aliphatic carbocycles. The maximum absolute atomic E-state index is 10.7. The molecule has 0 saturated heterocycles. The number of fused-ring (bicyclic) bond motifs is 1. The predicted molar refractivity (Wildman–Crippen MR) is 69.4 cm³/mol. The summed E-state index contributed by atoms with van der Waals surface area (Å²) in [6.07, 6.45) is 2.26. The Hall–Kier alpha value is -2.17. The predicted octanol–water partition coefficient (Wildman–Crippen LogP) is 2.15. The molecule has 5 heteroatoms. The molecule has 2 rings (SSSR count). The molecular weight excluding hydrogens is 230 g/mol. The minimum atomic E-state index is -0.777. The van der Waals surface area contributed by atoms with Crippen LogP contribution in [0.4, 0.5) is 5.82 Å². The molecule has 18 heavy (non-hydrogen) atoms. The summed E-state index contributed by atoms with van der Waals surface area (Å²) in [5, 5.41) is 21.9.